The van der Waals surface area contributed by atoms with Gasteiger partial charge in [0, 0.05) is 38.5 Å². The quantitative estimate of drug-likeness (QED) is 0.802. The van der Waals surface area contributed by atoms with Crippen LogP contribution in [0.2, 0.25) is 0 Å². The summed E-state index contributed by atoms with van der Waals surface area (Å²) in [6, 6.07) is 6.89. The van der Waals surface area contributed by atoms with Crippen molar-refractivity contribution in [3.05, 3.63) is 35.6 Å². The van der Waals surface area contributed by atoms with Crippen molar-refractivity contribution >= 4 is 11.8 Å². The zero-order valence-corrected chi connectivity index (χ0v) is 12.8. The van der Waals surface area contributed by atoms with E-state index in [-0.39, 0.29) is 23.7 Å². The Labute approximate surface area is 129 Å². The monoisotopic (exact) mass is 304 g/mol. The molecule has 0 aliphatic carbocycles. The summed E-state index contributed by atoms with van der Waals surface area (Å²) in [5.74, 6) is 0.166. The summed E-state index contributed by atoms with van der Waals surface area (Å²) >= 11 is 0. The number of likely N-dealkylation sites (tertiary alicyclic amines) is 2. The van der Waals surface area contributed by atoms with Gasteiger partial charge in [-0.3, -0.25) is 19.4 Å². The van der Waals surface area contributed by atoms with Crippen molar-refractivity contribution in [3.63, 3.8) is 0 Å². The summed E-state index contributed by atoms with van der Waals surface area (Å²) in [6.45, 7) is 4.19. The first-order valence-corrected chi connectivity index (χ1v) is 7.87. The molecule has 0 saturated carbocycles. The normalized spacial score (nSPS) is 26.2. The fraction of sp³-hybridized carbons (Fsp3) is 0.529. The number of hydrogen-bond donors (Lipinski definition) is 0. The zero-order chi connectivity index (χ0) is 15.7. The highest BCUT2D eigenvalue weighted by atomic mass is 19.1. The van der Waals surface area contributed by atoms with E-state index in [1.54, 1.807) is 12.1 Å². The van der Waals surface area contributed by atoms with E-state index < -0.39 is 0 Å². The molecule has 3 rings (SSSR count). The molecular weight excluding hydrogens is 283 g/mol. The van der Waals surface area contributed by atoms with Gasteiger partial charge in [-0.15, -0.1) is 0 Å². The Morgan fingerprint density at radius 2 is 1.91 bits per heavy atom. The maximum Gasteiger partial charge on any atom is 0.229 e. The SMILES string of the molecule is C[C@H]1C[C@H](c2cccc(F)c2)N(CCN2C(=O)CCC2=O)C1. The van der Waals surface area contributed by atoms with Crippen LogP contribution in [0.1, 0.15) is 37.8 Å². The number of benzene rings is 1. The second kappa shape index (κ2) is 6.16. The lowest BCUT2D eigenvalue weighted by Gasteiger charge is -2.26. The lowest BCUT2D eigenvalue weighted by Crippen LogP contribution is -2.38. The summed E-state index contributed by atoms with van der Waals surface area (Å²) in [4.78, 5) is 27.0. The van der Waals surface area contributed by atoms with Gasteiger partial charge in [0.15, 0.2) is 0 Å². The minimum Gasteiger partial charge on any atom is -0.294 e. The minimum absolute atomic E-state index is 0.0699. The van der Waals surface area contributed by atoms with E-state index in [0.29, 0.717) is 31.8 Å². The highest BCUT2D eigenvalue weighted by Crippen LogP contribution is 2.35. The fourth-order valence-electron chi connectivity index (χ4n) is 3.54. The first kappa shape index (κ1) is 15.2. The molecule has 5 heteroatoms. The predicted octanol–water partition coefficient (Wildman–Crippen LogP) is 2.36. The van der Waals surface area contributed by atoms with Crippen LogP contribution in [-0.2, 0) is 9.59 Å². The molecule has 0 unspecified atom stereocenters. The van der Waals surface area contributed by atoms with Crippen LogP contribution in [-0.4, -0.2) is 41.2 Å². The summed E-state index contributed by atoms with van der Waals surface area (Å²) < 4.78 is 13.5. The van der Waals surface area contributed by atoms with Crippen molar-refractivity contribution in [2.24, 2.45) is 5.92 Å². The van der Waals surface area contributed by atoms with Crippen LogP contribution in [0.25, 0.3) is 0 Å². The van der Waals surface area contributed by atoms with Crippen LogP contribution in [0.4, 0.5) is 4.39 Å². The van der Waals surface area contributed by atoms with Gasteiger partial charge in [0.1, 0.15) is 5.82 Å². The van der Waals surface area contributed by atoms with Gasteiger partial charge < -0.3 is 0 Å². The Balaban J connectivity index is 1.69. The number of hydrogen-bond acceptors (Lipinski definition) is 3. The number of rotatable bonds is 4. The third kappa shape index (κ3) is 3.04. The zero-order valence-electron chi connectivity index (χ0n) is 12.8. The molecular formula is C17H21FN2O2. The first-order valence-electron chi connectivity index (χ1n) is 7.87. The average molecular weight is 304 g/mol. The van der Waals surface area contributed by atoms with Gasteiger partial charge in [0.25, 0.3) is 0 Å². The molecule has 0 bridgehead atoms. The molecule has 0 aromatic heterocycles. The smallest absolute Gasteiger partial charge is 0.229 e. The number of carbonyl (C=O) groups is 2. The topological polar surface area (TPSA) is 40.6 Å². The molecule has 4 nitrogen and oxygen atoms in total. The second-order valence-electron chi connectivity index (χ2n) is 6.35. The van der Waals surface area contributed by atoms with Crippen LogP contribution in [0.15, 0.2) is 24.3 Å². The maximum atomic E-state index is 13.5. The lowest BCUT2D eigenvalue weighted by atomic mass is 10.0. The molecule has 0 N–H and O–H groups in total. The van der Waals surface area contributed by atoms with Crippen molar-refractivity contribution in [2.75, 3.05) is 19.6 Å². The minimum atomic E-state index is -0.220. The van der Waals surface area contributed by atoms with E-state index in [1.165, 1.54) is 11.0 Å². The summed E-state index contributed by atoms with van der Waals surface area (Å²) in [6.07, 6.45) is 1.65. The van der Waals surface area contributed by atoms with Gasteiger partial charge in [-0.05, 0) is 30.0 Å². The second-order valence-corrected chi connectivity index (χ2v) is 6.35. The van der Waals surface area contributed by atoms with E-state index >= 15 is 0 Å². The van der Waals surface area contributed by atoms with Crippen LogP contribution in [0.3, 0.4) is 0 Å². The van der Waals surface area contributed by atoms with Crippen molar-refractivity contribution in [1.82, 2.24) is 9.80 Å². The Kier molecular flexibility index (Phi) is 4.25. The predicted molar refractivity (Wildman–Crippen MR) is 80.4 cm³/mol. The largest absolute Gasteiger partial charge is 0.294 e. The van der Waals surface area contributed by atoms with Crippen LogP contribution in [0.5, 0.6) is 0 Å². The Bertz CT molecular complexity index is 574. The van der Waals surface area contributed by atoms with Crippen molar-refractivity contribution in [2.45, 2.75) is 32.2 Å². The number of halogens is 1. The number of nitrogens with zero attached hydrogens (tertiary/aromatic N) is 2. The van der Waals surface area contributed by atoms with Crippen LogP contribution < -0.4 is 0 Å². The third-order valence-corrected chi connectivity index (χ3v) is 4.61. The van der Waals surface area contributed by atoms with Crippen molar-refractivity contribution < 1.29 is 14.0 Å². The fourth-order valence-corrected chi connectivity index (χ4v) is 3.54. The molecule has 2 heterocycles. The molecule has 2 atom stereocenters. The number of amides is 2. The Morgan fingerprint density at radius 3 is 2.59 bits per heavy atom. The molecule has 1 aromatic carbocycles. The molecule has 2 aliphatic heterocycles. The third-order valence-electron chi connectivity index (χ3n) is 4.61. The summed E-state index contributed by atoms with van der Waals surface area (Å²) in [7, 11) is 0. The van der Waals surface area contributed by atoms with E-state index in [4.69, 9.17) is 0 Å². The molecule has 0 spiro atoms. The highest BCUT2D eigenvalue weighted by molar-refractivity contribution is 6.01. The van der Waals surface area contributed by atoms with E-state index in [0.717, 1.165) is 18.5 Å². The molecule has 0 radical (unpaired) electrons. The van der Waals surface area contributed by atoms with Gasteiger partial charge in [0.2, 0.25) is 11.8 Å². The molecule has 118 valence electrons. The number of imide groups is 1. The van der Waals surface area contributed by atoms with Crippen molar-refractivity contribution in [1.29, 1.82) is 0 Å². The van der Waals surface area contributed by atoms with Crippen LogP contribution in [0, 0.1) is 11.7 Å². The van der Waals surface area contributed by atoms with Crippen LogP contribution >= 0.6 is 0 Å². The van der Waals surface area contributed by atoms with Gasteiger partial charge in [-0.1, -0.05) is 19.1 Å². The van der Waals surface area contributed by atoms with E-state index in [2.05, 4.69) is 11.8 Å². The standard InChI is InChI=1S/C17H21FN2O2/c1-12-9-15(13-3-2-4-14(18)10-13)19(11-12)7-8-20-16(21)5-6-17(20)22/h2-4,10,12,15H,5-9,11H2,1H3/t12-,15+/m0/s1. The van der Waals surface area contributed by atoms with E-state index in [9.17, 15) is 14.0 Å². The number of carbonyl (C=O) groups excluding carboxylic acids is 2. The van der Waals surface area contributed by atoms with Gasteiger partial charge in [-0.2, -0.15) is 0 Å². The Hall–Kier alpha value is -1.75. The van der Waals surface area contributed by atoms with Crippen molar-refractivity contribution in [3.8, 4) is 0 Å². The van der Waals surface area contributed by atoms with E-state index in [1.807, 2.05) is 6.07 Å². The Morgan fingerprint density at radius 1 is 1.18 bits per heavy atom. The molecule has 2 aliphatic rings. The summed E-state index contributed by atoms with van der Waals surface area (Å²) in [5.41, 5.74) is 0.975. The maximum absolute atomic E-state index is 13.5. The molecule has 2 saturated heterocycles. The van der Waals surface area contributed by atoms with Gasteiger partial charge >= 0.3 is 0 Å². The molecule has 22 heavy (non-hydrogen) atoms. The molecule has 2 fully saturated rings. The summed E-state index contributed by atoms with van der Waals surface area (Å²) in [5, 5.41) is 0. The molecule has 2 amide bonds. The van der Waals surface area contributed by atoms with Gasteiger partial charge in [-0.25, -0.2) is 4.39 Å². The highest BCUT2D eigenvalue weighted by Gasteiger charge is 2.33. The molecule has 1 aromatic rings. The van der Waals surface area contributed by atoms with Gasteiger partial charge in [0.05, 0.1) is 0 Å². The average Bonchev–Trinajstić information content (AvgIpc) is 3.00. The lowest BCUT2D eigenvalue weighted by molar-refractivity contribution is -0.138. The first-order chi connectivity index (χ1) is 10.5.